The molecule has 1 aromatic carbocycles. The predicted molar refractivity (Wildman–Crippen MR) is 57.0 cm³/mol. The van der Waals surface area contributed by atoms with Crippen LogP contribution in [0.5, 0.6) is 0 Å². The van der Waals surface area contributed by atoms with E-state index < -0.39 is 17.2 Å². The number of rotatable bonds is 2. The standard InChI is InChI=1S/C12H10ClFO2/c13-8-3-7(1-2-9(8)14)11-4-12(5-11,6-11)10(15)16/h1-3H,4-6H2,(H,15,16). The minimum absolute atomic E-state index is 0.0459. The fourth-order valence-electron chi connectivity index (χ4n) is 3.15. The minimum Gasteiger partial charge on any atom is -0.481 e. The van der Waals surface area contributed by atoms with Gasteiger partial charge in [0.15, 0.2) is 0 Å². The summed E-state index contributed by atoms with van der Waals surface area (Å²) in [6, 6.07) is 4.69. The Bertz CT molecular complexity index is 478. The number of carboxylic acid groups (broad SMARTS) is 1. The normalized spacial score (nSPS) is 35.1. The number of carboxylic acids is 1. The van der Waals surface area contributed by atoms with Crippen LogP contribution in [-0.2, 0) is 10.2 Å². The van der Waals surface area contributed by atoms with Crippen LogP contribution < -0.4 is 0 Å². The Labute approximate surface area is 97.0 Å². The van der Waals surface area contributed by atoms with Gasteiger partial charge in [0.05, 0.1) is 10.4 Å². The second kappa shape index (κ2) is 2.77. The highest BCUT2D eigenvalue weighted by atomic mass is 35.5. The molecule has 1 N–H and O–H groups in total. The van der Waals surface area contributed by atoms with Crippen LogP contribution in [-0.4, -0.2) is 11.1 Å². The lowest BCUT2D eigenvalue weighted by atomic mass is 9.33. The molecule has 0 heterocycles. The van der Waals surface area contributed by atoms with Crippen molar-refractivity contribution in [1.29, 1.82) is 0 Å². The van der Waals surface area contributed by atoms with Gasteiger partial charge < -0.3 is 5.11 Å². The van der Waals surface area contributed by atoms with Crippen molar-refractivity contribution >= 4 is 17.6 Å². The summed E-state index contributed by atoms with van der Waals surface area (Å²) in [5.74, 6) is -1.13. The molecule has 3 fully saturated rings. The van der Waals surface area contributed by atoms with Gasteiger partial charge in [-0.05, 0) is 42.4 Å². The van der Waals surface area contributed by atoms with Crippen LogP contribution in [0.4, 0.5) is 4.39 Å². The summed E-state index contributed by atoms with van der Waals surface area (Å²) in [5.41, 5.74) is 0.429. The maximum atomic E-state index is 13.0. The van der Waals surface area contributed by atoms with Crippen LogP contribution in [0.3, 0.4) is 0 Å². The lowest BCUT2D eigenvalue weighted by molar-refractivity contribution is -0.194. The minimum atomic E-state index is -0.706. The van der Waals surface area contributed by atoms with Gasteiger partial charge in [0, 0.05) is 0 Å². The summed E-state index contributed by atoms with van der Waals surface area (Å²) in [4.78, 5) is 10.9. The molecule has 0 aromatic heterocycles. The molecule has 4 rings (SSSR count). The highest BCUT2D eigenvalue weighted by Crippen LogP contribution is 2.73. The highest BCUT2D eigenvalue weighted by Gasteiger charge is 2.72. The molecule has 0 spiro atoms. The monoisotopic (exact) mass is 240 g/mol. The Kier molecular flexibility index (Phi) is 1.75. The molecule has 84 valence electrons. The van der Waals surface area contributed by atoms with Gasteiger partial charge in [-0.15, -0.1) is 0 Å². The molecule has 0 atom stereocenters. The van der Waals surface area contributed by atoms with Crippen molar-refractivity contribution in [3.8, 4) is 0 Å². The summed E-state index contributed by atoms with van der Waals surface area (Å²) in [6.45, 7) is 0. The Morgan fingerprint density at radius 3 is 2.50 bits per heavy atom. The average Bonchev–Trinajstić information content (AvgIpc) is 2.05. The third-order valence-electron chi connectivity index (χ3n) is 4.02. The zero-order valence-electron chi connectivity index (χ0n) is 8.46. The molecule has 2 bridgehead atoms. The molecule has 16 heavy (non-hydrogen) atoms. The molecule has 0 aliphatic heterocycles. The molecule has 2 nitrogen and oxygen atoms in total. The van der Waals surface area contributed by atoms with E-state index in [0.717, 1.165) is 5.56 Å². The number of hydrogen-bond acceptors (Lipinski definition) is 1. The highest BCUT2D eigenvalue weighted by molar-refractivity contribution is 6.30. The zero-order valence-corrected chi connectivity index (χ0v) is 9.22. The van der Waals surface area contributed by atoms with Gasteiger partial charge in [-0.25, -0.2) is 4.39 Å². The molecule has 0 saturated heterocycles. The van der Waals surface area contributed by atoms with Gasteiger partial charge >= 0.3 is 5.97 Å². The van der Waals surface area contributed by atoms with Crippen molar-refractivity contribution in [2.24, 2.45) is 5.41 Å². The first kappa shape index (κ1) is 10.1. The van der Waals surface area contributed by atoms with Gasteiger partial charge in [0.2, 0.25) is 0 Å². The predicted octanol–water partition coefficient (Wildman–Crippen LogP) is 2.99. The number of benzene rings is 1. The Morgan fingerprint density at radius 1 is 1.38 bits per heavy atom. The third-order valence-corrected chi connectivity index (χ3v) is 4.31. The van der Waals surface area contributed by atoms with Gasteiger partial charge in [-0.2, -0.15) is 0 Å². The smallest absolute Gasteiger partial charge is 0.309 e. The number of hydrogen-bond donors (Lipinski definition) is 1. The summed E-state index contributed by atoms with van der Waals surface area (Å²) in [5, 5.41) is 9.12. The van der Waals surface area contributed by atoms with E-state index in [0.29, 0.717) is 19.3 Å². The second-order valence-electron chi connectivity index (χ2n) is 5.03. The van der Waals surface area contributed by atoms with Crippen LogP contribution >= 0.6 is 11.6 Å². The third kappa shape index (κ3) is 1.04. The van der Waals surface area contributed by atoms with Crippen LogP contribution in [0.15, 0.2) is 18.2 Å². The largest absolute Gasteiger partial charge is 0.481 e. The van der Waals surface area contributed by atoms with Crippen molar-refractivity contribution in [3.05, 3.63) is 34.6 Å². The maximum Gasteiger partial charge on any atom is 0.309 e. The van der Waals surface area contributed by atoms with Crippen molar-refractivity contribution < 1.29 is 14.3 Å². The van der Waals surface area contributed by atoms with E-state index >= 15 is 0 Å². The van der Waals surface area contributed by atoms with Gasteiger partial charge in [-0.3, -0.25) is 4.79 Å². The zero-order chi connectivity index (χ0) is 11.6. The molecule has 0 amide bonds. The average molecular weight is 241 g/mol. The van der Waals surface area contributed by atoms with Crippen molar-refractivity contribution in [3.63, 3.8) is 0 Å². The van der Waals surface area contributed by atoms with Crippen LogP contribution in [0.2, 0.25) is 5.02 Å². The number of aliphatic carboxylic acids is 1. The topological polar surface area (TPSA) is 37.3 Å². The van der Waals surface area contributed by atoms with Crippen molar-refractivity contribution in [1.82, 2.24) is 0 Å². The summed E-state index contributed by atoms with van der Waals surface area (Å²) in [6.07, 6.45) is 1.99. The maximum absolute atomic E-state index is 13.0. The van der Waals surface area contributed by atoms with E-state index in [1.165, 1.54) is 6.07 Å². The molecule has 1 aromatic rings. The van der Waals surface area contributed by atoms with Crippen molar-refractivity contribution in [2.75, 3.05) is 0 Å². The Morgan fingerprint density at radius 2 is 2.00 bits per heavy atom. The van der Waals surface area contributed by atoms with E-state index in [1.807, 2.05) is 0 Å². The molecule has 3 saturated carbocycles. The molecule has 4 heteroatoms. The van der Waals surface area contributed by atoms with Crippen LogP contribution in [0.1, 0.15) is 24.8 Å². The van der Waals surface area contributed by atoms with E-state index in [2.05, 4.69) is 0 Å². The van der Waals surface area contributed by atoms with E-state index in [4.69, 9.17) is 16.7 Å². The Hall–Kier alpha value is -1.09. The molecular formula is C12H10ClFO2. The van der Waals surface area contributed by atoms with Gasteiger partial charge in [-0.1, -0.05) is 17.7 Å². The van der Waals surface area contributed by atoms with Gasteiger partial charge in [0.25, 0.3) is 0 Å². The molecule has 0 unspecified atom stereocenters. The first-order valence-corrected chi connectivity index (χ1v) is 5.54. The van der Waals surface area contributed by atoms with E-state index in [1.54, 1.807) is 12.1 Å². The lowest BCUT2D eigenvalue weighted by Gasteiger charge is -2.68. The number of halogens is 2. The molecule has 0 radical (unpaired) electrons. The van der Waals surface area contributed by atoms with E-state index in [9.17, 15) is 9.18 Å². The first-order valence-electron chi connectivity index (χ1n) is 5.17. The summed E-state index contributed by atoms with van der Waals surface area (Å²) < 4.78 is 13.0. The fraction of sp³-hybridized carbons (Fsp3) is 0.417. The van der Waals surface area contributed by atoms with Crippen molar-refractivity contribution in [2.45, 2.75) is 24.7 Å². The lowest BCUT2D eigenvalue weighted by Crippen LogP contribution is -2.67. The Balaban J connectivity index is 1.87. The summed E-state index contributed by atoms with van der Waals surface area (Å²) >= 11 is 5.72. The molecule has 3 aliphatic rings. The van der Waals surface area contributed by atoms with Crippen LogP contribution in [0, 0.1) is 11.2 Å². The quantitative estimate of drug-likeness (QED) is 0.863. The van der Waals surface area contributed by atoms with Gasteiger partial charge in [0.1, 0.15) is 5.82 Å². The SMILES string of the molecule is O=C(O)C12CC(c3ccc(F)c(Cl)c3)(C1)C2. The second-order valence-corrected chi connectivity index (χ2v) is 5.43. The van der Waals surface area contributed by atoms with Crippen LogP contribution in [0.25, 0.3) is 0 Å². The molecule has 3 aliphatic carbocycles. The fourth-order valence-corrected chi connectivity index (χ4v) is 3.33. The summed E-state index contributed by atoms with van der Waals surface area (Å²) in [7, 11) is 0. The van der Waals surface area contributed by atoms with E-state index in [-0.39, 0.29) is 10.4 Å². The first-order chi connectivity index (χ1) is 7.47. The number of carbonyl (C=O) groups is 1. The molecular weight excluding hydrogens is 231 g/mol.